The molecule has 228 valence electrons. The predicted molar refractivity (Wildman–Crippen MR) is 151 cm³/mol. The van der Waals surface area contributed by atoms with Gasteiger partial charge in [-0.3, -0.25) is 0 Å². The third-order valence-electron chi connectivity index (χ3n) is 5.87. The Balaban J connectivity index is 1.89. The van der Waals surface area contributed by atoms with Crippen LogP contribution in [0.5, 0.6) is 0 Å². The van der Waals surface area contributed by atoms with E-state index in [-0.39, 0.29) is 33.8 Å². The second-order valence-electron chi connectivity index (χ2n) is 8.79. The summed E-state index contributed by atoms with van der Waals surface area (Å²) in [7, 11) is 0. The number of carboxylic acid groups (broad SMARTS) is 6. The van der Waals surface area contributed by atoms with E-state index in [2.05, 4.69) is 30.9 Å². The molecule has 0 spiro atoms. The number of anilines is 6. The van der Waals surface area contributed by atoms with Crippen molar-refractivity contribution >= 4 is 70.7 Å². The van der Waals surface area contributed by atoms with Gasteiger partial charge in [-0.25, -0.2) is 28.8 Å². The second kappa shape index (κ2) is 12.4. The quantitative estimate of drug-likeness (QED) is 0.110. The number of rotatable bonds is 12. The molecule has 4 aromatic rings. The van der Waals surface area contributed by atoms with Gasteiger partial charge in [-0.15, -0.1) is 0 Å². The fourth-order valence-electron chi connectivity index (χ4n) is 3.81. The summed E-state index contributed by atoms with van der Waals surface area (Å²) in [6.07, 6.45) is 0. The lowest BCUT2D eigenvalue weighted by Crippen LogP contribution is -2.13. The minimum atomic E-state index is -1.46. The lowest BCUT2D eigenvalue weighted by molar-refractivity contribution is 0.0682. The van der Waals surface area contributed by atoms with Crippen LogP contribution >= 0.6 is 0 Å². The largest absolute Gasteiger partial charge is 0.478 e. The Morgan fingerprint density at radius 3 is 0.844 bits per heavy atom. The Hall–Kier alpha value is -7.11. The average Bonchev–Trinajstić information content (AvgIpc) is 2.96. The molecular formula is C27H18N6O12. The second-order valence-corrected chi connectivity index (χ2v) is 8.79. The molecule has 0 saturated heterocycles. The molecule has 4 rings (SSSR count). The molecule has 0 amide bonds. The van der Waals surface area contributed by atoms with Crippen molar-refractivity contribution in [1.82, 2.24) is 15.0 Å². The summed E-state index contributed by atoms with van der Waals surface area (Å²) >= 11 is 0. The van der Waals surface area contributed by atoms with E-state index in [1.807, 2.05) is 0 Å². The summed E-state index contributed by atoms with van der Waals surface area (Å²) < 4.78 is 0. The zero-order valence-electron chi connectivity index (χ0n) is 22.2. The van der Waals surface area contributed by atoms with E-state index in [0.29, 0.717) is 0 Å². The van der Waals surface area contributed by atoms with Gasteiger partial charge in [0, 0.05) is 0 Å². The van der Waals surface area contributed by atoms with Crippen LogP contribution in [0.15, 0.2) is 54.6 Å². The van der Waals surface area contributed by atoms with E-state index in [9.17, 15) is 59.4 Å². The van der Waals surface area contributed by atoms with Gasteiger partial charge in [-0.05, 0) is 54.6 Å². The summed E-state index contributed by atoms with van der Waals surface area (Å²) in [5, 5.41) is 64.5. The van der Waals surface area contributed by atoms with Crippen LogP contribution in [-0.2, 0) is 0 Å². The van der Waals surface area contributed by atoms with Crippen LogP contribution in [0.2, 0.25) is 0 Å². The van der Waals surface area contributed by atoms with Gasteiger partial charge in [0.25, 0.3) is 0 Å². The molecule has 0 unspecified atom stereocenters. The fraction of sp³-hybridized carbons (Fsp3) is 0. The molecule has 0 atom stereocenters. The van der Waals surface area contributed by atoms with E-state index in [0.717, 1.165) is 54.6 Å². The molecule has 45 heavy (non-hydrogen) atoms. The van der Waals surface area contributed by atoms with Crippen molar-refractivity contribution in [2.75, 3.05) is 16.0 Å². The first-order chi connectivity index (χ1) is 21.2. The zero-order chi connectivity index (χ0) is 33.0. The smallest absolute Gasteiger partial charge is 0.337 e. The van der Waals surface area contributed by atoms with Gasteiger partial charge in [0.2, 0.25) is 17.8 Å². The number of carbonyl (C=O) groups is 6. The Morgan fingerprint density at radius 1 is 0.400 bits per heavy atom. The van der Waals surface area contributed by atoms with Crippen molar-refractivity contribution in [3.05, 3.63) is 88.0 Å². The monoisotopic (exact) mass is 618 g/mol. The van der Waals surface area contributed by atoms with Crippen molar-refractivity contribution in [3.63, 3.8) is 0 Å². The fourth-order valence-corrected chi connectivity index (χ4v) is 3.81. The molecule has 9 N–H and O–H groups in total. The molecule has 18 nitrogen and oxygen atoms in total. The van der Waals surface area contributed by atoms with Gasteiger partial charge >= 0.3 is 35.8 Å². The van der Waals surface area contributed by atoms with Gasteiger partial charge < -0.3 is 46.6 Å². The van der Waals surface area contributed by atoms with Crippen LogP contribution in [0, 0.1) is 0 Å². The molecule has 0 aliphatic rings. The number of nitrogens with zero attached hydrogens (tertiary/aromatic N) is 3. The first kappa shape index (κ1) is 30.8. The SMILES string of the molecule is O=C(O)c1ccc(C(=O)O)c(Nc2nc(Nc3cc(C(=O)O)ccc3C(=O)O)nc(Nc3cc(C(=O)O)ccc3C(=O)O)n2)c1. The molecule has 1 heterocycles. The lowest BCUT2D eigenvalue weighted by atomic mass is 10.1. The van der Waals surface area contributed by atoms with Crippen molar-refractivity contribution in [3.8, 4) is 0 Å². The molecule has 1 aromatic heterocycles. The number of benzene rings is 3. The van der Waals surface area contributed by atoms with Crippen molar-refractivity contribution < 1.29 is 59.4 Å². The summed E-state index contributed by atoms with van der Waals surface area (Å²) in [6, 6.07) is 9.01. The lowest BCUT2D eigenvalue weighted by Gasteiger charge is -2.15. The first-order valence-corrected chi connectivity index (χ1v) is 12.1. The number of aromatic nitrogens is 3. The van der Waals surface area contributed by atoms with Crippen LogP contribution in [0.1, 0.15) is 62.1 Å². The Bertz CT molecular complexity index is 1700. The van der Waals surface area contributed by atoms with Crippen molar-refractivity contribution in [2.24, 2.45) is 0 Å². The minimum Gasteiger partial charge on any atom is -0.478 e. The molecule has 0 aliphatic heterocycles. The first-order valence-electron chi connectivity index (χ1n) is 12.1. The molecule has 18 heteroatoms. The van der Waals surface area contributed by atoms with Crippen LogP contribution in [-0.4, -0.2) is 81.4 Å². The molecule has 0 radical (unpaired) electrons. The third-order valence-corrected chi connectivity index (χ3v) is 5.87. The number of nitrogens with one attached hydrogen (secondary N) is 3. The van der Waals surface area contributed by atoms with Crippen LogP contribution in [0.4, 0.5) is 34.9 Å². The minimum absolute atomic E-state index is 0.302. The average molecular weight is 618 g/mol. The van der Waals surface area contributed by atoms with E-state index in [4.69, 9.17) is 0 Å². The summed E-state index contributed by atoms with van der Waals surface area (Å²) in [5.74, 6) is -10.0. The van der Waals surface area contributed by atoms with E-state index in [1.165, 1.54) is 0 Å². The summed E-state index contributed by atoms with van der Waals surface area (Å²) in [5.41, 5.74) is -3.09. The van der Waals surface area contributed by atoms with Crippen molar-refractivity contribution in [1.29, 1.82) is 0 Å². The maximum atomic E-state index is 11.8. The zero-order valence-corrected chi connectivity index (χ0v) is 22.2. The summed E-state index contributed by atoms with van der Waals surface area (Å²) in [4.78, 5) is 82.1. The maximum absolute atomic E-state index is 11.8. The van der Waals surface area contributed by atoms with Gasteiger partial charge in [-0.2, -0.15) is 15.0 Å². The number of hydrogen-bond donors (Lipinski definition) is 9. The highest BCUT2D eigenvalue weighted by Crippen LogP contribution is 2.27. The molecule has 0 bridgehead atoms. The predicted octanol–water partition coefficient (Wildman–Crippen LogP) is 3.29. The Labute approximate surface area is 249 Å². The molecular weight excluding hydrogens is 600 g/mol. The van der Waals surface area contributed by atoms with Gasteiger partial charge in [0.1, 0.15) is 0 Å². The Morgan fingerprint density at radius 2 is 0.644 bits per heavy atom. The van der Waals surface area contributed by atoms with Crippen molar-refractivity contribution in [2.45, 2.75) is 0 Å². The number of aromatic carboxylic acids is 6. The van der Waals surface area contributed by atoms with Crippen LogP contribution < -0.4 is 16.0 Å². The third kappa shape index (κ3) is 7.04. The standard InChI is InChI=1S/C27H18N6O12/c34-19(35)10-1-4-13(22(40)41)16(7-10)28-25-31-26(29-17-8-11(20(36)37)2-5-14(17)23(42)43)33-27(32-25)30-18-9-12(21(38)39)3-6-15(18)24(44)45/h1-9H,(H,34,35)(H,36,37)(H,38,39)(H,40,41)(H,42,43)(H,44,45)(H3,28,29,30,31,32,33). The van der Waals surface area contributed by atoms with Gasteiger partial charge in [0.05, 0.1) is 50.4 Å². The molecule has 0 fully saturated rings. The van der Waals surface area contributed by atoms with E-state index in [1.54, 1.807) is 0 Å². The van der Waals surface area contributed by atoms with Crippen LogP contribution in [0.25, 0.3) is 0 Å². The topological polar surface area (TPSA) is 299 Å². The molecule has 0 aliphatic carbocycles. The number of hydrogen-bond acceptors (Lipinski definition) is 12. The van der Waals surface area contributed by atoms with Gasteiger partial charge in [-0.1, -0.05) is 0 Å². The normalized spacial score (nSPS) is 10.4. The molecule has 3 aromatic carbocycles. The van der Waals surface area contributed by atoms with Crippen LogP contribution in [0.3, 0.4) is 0 Å². The maximum Gasteiger partial charge on any atom is 0.337 e. The van der Waals surface area contributed by atoms with E-state index < -0.39 is 70.4 Å². The highest BCUT2D eigenvalue weighted by atomic mass is 16.4. The Kier molecular flexibility index (Phi) is 8.50. The molecule has 0 saturated carbocycles. The van der Waals surface area contributed by atoms with E-state index >= 15 is 0 Å². The summed E-state index contributed by atoms with van der Waals surface area (Å²) in [6.45, 7) is 0. The highest BCUT2D eigenvalue weighted by molar-refractivity contribution is 6.00. The number of carboxylic acids is 6. The highest BCUT2D eigenvalue weighted by Gasteiger charge is 2.20. The van der Waals surface area contributed by atoms with Gasteiger partial charge in [0.15, 0.2) is 0 Å².